The van der Waals surface area contributed by atoms with Crippen molar-refractivity contribution < 1.29 is 22.9 Å². The van der Waals surface area contributed by atoms with Crippen LogP contribution in [0.5, 0.6) is 0 Å². The number of nitrogens with one attached hydrogen (secondary N) is 2. The van der Waals surface area contributed by atoms with Gasteiger partial charge in [0.2, 0.25) is 0 Å². The minimum atomic E-state index is -4.51. The summed E-state index contributed by atoms with van der Waals surface area (Å²) in [6.45, 7) is 0.941. The van der Waals surface area contributed by atoms with Gasteiger partial charge in [0.05, 0.1) is 16.8 Å². The molecule has 0 spiro atoms. The average Bonchev–Trinajstić information content (AvgIpc) is 3.11. The van der Waals surface area contributed by atoms with E-state index in [0.717, 1.165) is 24.3 Å². The Balaban J connectivity index is 1.94. The van der Waals surface area contributed by atoms with E-state index in [9.17, 15) is 28.1 Å². The van der Waals surface area contributed by atoms with E-state index in [4.69, 9.17) is 0 Å². The van der Waals surface area contributed by atoms with Crippen LogP contribution < -0.4 is 10.6 Å². The highest BCUT2D eigenvalue weighted by Crippen LogP contribution is 2.29. The number of imidazole rings is 1. The van der Waals surface area contributed by atoms with Gasteiger partial charge in [0.1, 0.15) is 0 Å². The Kier molecular flexibility index (Phi) is 6.52. The molecule has 0 bridgehead atoms. The van der Waals surface area contributed by atoms with E-state index in [-0.39, 0.29) is 11.4 Å². The maximum atomic E-state index is 12.5. The number of nitro groups is 1. The maximum Gasteiger partial charge on any atom is 0.416 e. The van der Waals surface area contributed by atoms with E-state index in [1.807, 2.05) is 4.57 Å². The molecule has 2 N–H and O–H groups in total. The Morgan fingerprint density at radius 3 is 2.56 bits per heavy atom. The monoisotopic (exact) mass is 383 g/mol. The van der Waals surface area contributed by atoms with Crippen LogP contribution >= 0.6 is 0 Å². The summed E-state index contributed by atoms with van der Waals surface area (Å²) in [6, 6.07) is 3.54. The third-order valence-corrected chi connectivity index (χ3v) is 3.42. The number of hydrogen-bond acceptors (Lipinski definition) is 5. The van der Waals surface area contributed by atoms with Crippen molar-refractivity contribution in [3.05, 3.63) is 76.2 Å². The molecule has 0 aliphatic heterocycles. The predicted molar refractivity (Wildman–Crippen MR) is 88.8 cm³/mol. The van der Waals surface area contributed by atoms with Crippen LogP contribution in [0.2, 0.25) is 0 Å². The standard InChI is InChI=1S/C16H16F3N5O3/c17-16(18,19)13-4-2-12(3-5-13)15(25)22-14(10-24(26)27)21-6-1-8-23-9-7-20-11-23/h2-5,7,9-11,21H,1,6,8H2,(H,22,25). The number of carbonyl (C=O) groups excluding carboxylic acids is 1. The van der Waals surface area contributed by atoms with E-state index in [1.54, 1.807) is 18.7 Å². The van der Waals surface area contributed by atoms with Crippen molar-refractivity contribution in [1.82, 2.24) is 20.2 Å². The number of aryl methyl sites for hydroxylation is 1. The molecule has 1 heterocycles. The summed E-state index contributed by atoms with van der Waals surface area (Å²) in [4.78, 5) is 26.0. The Morgan fingerprint density at radius 2 is 2.00 bits per heavy atom. The summed E-state index contributed by atoms with van der Waals surface area (Å²) in [5.41, 5.74) is -0.949. The lowest BCUT2D eigenvalue weighted by molar-refractivity contribution is -0.404. The lowest BCUT2D eigenvalue weighted by atomic mass is 10.1. The van der Waals surface area contributed by atoms with Crippen LogP contribution in [0, 0.1) is 10.1 Å². The van der Waals surface area contributed by atoms with Crippen molar-refractivity contribution in [3.63, 3.8) is 0 Å². The van der Waals surface area contributed by atoms with E-state index in [0.29, 0.717) is 25.7 Å². The topological polar surface area (TPSA) is 102 Å². The molecule has 11 heteroatoms. The molecule has 27 heavy (non-hydrogen) atoms. The summed E-state index contributed by atoms with van der Waals surface area (Å²) in [5, 5.41) is 15.7. The van der Waals surface area contributed by atoms with Gasteiger partial charge in [0.25, 0.3) is 12.1 Å². The van der Waals surface area contributed by atoms with E-state index in [2.05, 4.69) is 15.6 Å². The van der Waals surface area contributed by atoms with Crippen molar-refractivity contribution >= 4 is 5.91 Å². The average molecular weight is 383 g/mol. The van der Waals surface area contributed by atoms with Crippen LogP contribution in [-0.2, 0) is 12.7 Å². The molecular formula is C16H16F3N5O3. The highest BCUT2D eigenvalue weighted by Gasteiger charge is 2.30. The van der Waals surface area contributed by atoms with Crippen LogP contribution in [0.25, 0.3) is 0 Å². The van der Waals surface area contributed by atoms with Gasteiger partial charge in [-0.2, -0.15) is 13.2 Å². The Labute approximate surface area is 151 Å². The van der Waals surface area contributed by atoms with Crippen molar-refractivity contribution in [3.8, 4) is 0 Å². The fraction of sp³-hybridized carbons (Fsp3) is 0.250. The second kappa shape index (κ2) is 8.83. The first kappa shape index (κ1) is 19.9. The molecule has 0 fully saturated rings. The normalized spacial score (nSPS) is 11.9. The number of alkyl halides is 3. The third-order valence-electron chi connectivity index (χ3n) is 3.42. The Morgan fingerprint density at radius 1 is 1.30 bits per heavy atom. The number of benzene rings is 1. The maximum absolute atomic E-state index is 12.5. The smallest absolute Gasteiger partial charge is 0.366 e. The summed E-state index contributed by atoms with van der Waals surface area (Å²) in [6.07, 6.45) is 1.68. The lowest BCUT2D eigenvalue weighted by Crippen LogP contribution is -2.33. The number of hydrogen-bond donors (Lipinski definition) is 2. The van der Waals surface area contributed by atoms with Gasteiger partial charge in [-0.3, -0.25) is 14.9 Å². The van der Waals surface area contributed by atoms with E-state index >= 15 is 0 Å². The van der Waals surface area contributed by atoms with Gasteiger partial charge in [-0.05, 0) is 30.7 Å². The van der Waals surface area contributed by atoms with Gasteiger partial charge < -0.3 is 15.2 Å². The van der Waals surface area contributed by atoms with Gasteiger partial charge in [-0.25, -0.2) is 4.98 Å². The van der Waals surface area contributed by atoms with Crippen molar-refractivity contribution in [1.29, 1.82) is 0 Å². The molecule has 0 saturated carbocycles. The summed E-state index contributed by atoms with van der Waals surface area (Å²) in [5.74, 6) is -0.922. The van der Waals surface area contributed by atoms with Crippen LogP contribution in [0.4, 0.5) is 13.2 Å². The first-order valence-corrected chi connectivity index (χ1v) is 7.79. The molecule has 8 nitrogen and oxygen atoms in total. The molecule has 0 radical (unpaired) electrons. The zero-order chi connectivity index (χ0) is 19.9. The molecular weight excluding hydrogens is 367 g/mol. The zero-order valence-electron chi connectivity index (χ0n) is 13.9. The van der Waals surface area contributed by atoms with Crippen molar-refractivity contribution in [2.24, 2.45) is 0 Å². The number of amides is 1. The lowest BCUT2D eigenvalue weighted by Gasteiger charge is -2.11. The first-order valence-electron chi connectivity index (χ1n) is 7.79. The van der Waals surface area contributed by atoms with Crippen LogP contribution in [-0.4, -0.2) is 26.9 Å². The SMILES string of the molecule is O=C(NC(=C[N+](=O)[O-])NCCCn1ccnc1)c1ccc(C(F)(F)F)cc1. The molecule has 1 amide bonds. The second-order valence-electron chi connectivity index (χ2n) is 5.44. The summed E-state index contributed by atoms with van der Waals surface area (Å²) >= 11 is 0. The molecule has 0 atom stereocenters. The van der Waals surface area contributed by atoms with E-state index < -0.39 is 22.6 Å². The fourth-order valence-corrected chi connectivity index (χ4v) is 2.14. The number of halogens is 3. The fourth-order valence-electron chi connectivity index (χ4n) is 2.14. The van der Waals surface area contributed by atoms with E-state index in [1.165, 1.54) is 0 Å². The van der Waals surface area contributed by atoms with Gasteiger partial charge in [0, 0.05) is 31.0 Å². The van der Waals surface area contributed by atoms with Gasteiger partial charge in [-0.1, -0.05) is 0 Å². The van der Waals surface area contributed by atoms with Crippen molar-refractivity contribution in [2.75, 3.05) is 6.54 Å². The van der Waals surface area contributed by atoms with Gasteiger partial charge in [-0.15, -0.1) is 0 Å². The Bertz CT molecular complexity index is 802. The minimum Gasteiger partial charge on any atom is -0.366 e. The van der Waals surface area contributed by atoms with Crippen molar-refractivity contribution in [2.45, 2.75) is 19.1 Å². The molecule has 0 aliphatic carbocycles. The number of rotatable bonds is 8. The van der Waals surface area contributed by atoms with Crippen LogP contribution in [0.15, 0.2) is 55.0 Å². The molecule has 1 aromatic carbocycles. The van der Waals surface area contributed by atoms with Gasteiger partial charge in [0.15, 0.2) is 5.82 Å². The highest BCUT2D eigenvalue weighted by molar-refractivity contribution is 5.95. The molecule has 0 saturated heterocycles. The molecule has 2 rings (SSSR count). The summed E-state index contributed by atoms with van der Waals surface area (Å²) in [7, 11) is 0. The highest BCUT2D eigenvalue weighted by atomic mass is 19.4. The third kappa shape index (κ3) is 6.45. The van der Waals surface area contributed by atoms with Gasteiger partial charge >= 0.3 is 6.18 Å². The predicted octanol–water partition coefficient (Wildman–Crippen LogP) is 2.39. The molecule has 1 aromatic heterocycles. The molecule has 0 unspecified atom stereocenters. The molecule has 2 aromatic rings. The van der Waals surface area contributed by atoms with Crippen LogP contribution in [0.3, 0.4) is 0 Å². The van der Waals surface area contributed by atoms with Crippen LogP contribution in [0.1, 0.15) is 22.3 Å². The first-order chi connectivity index (χ1) is 12.8. The zero-order valence-corrected chi connectivity index (χ0v) is 13.9. The molecule has 0 aliphatic rings. The Hall–Kier alpha value is -3.37. The minimum absolute atomic E-state index is 0.0579. The number of carbonyl (C=O) groups is 1. The number of nitrogens with zero attached hydrogens (tertiary/aromatic N) is 3. The number of aromatic nitrogens is 2. The largest absolute Gasteiger partial charge is 0.416 e. The second-order valence-corrected chi connectivity index (χ2v) is 5.44. The quantitative estimate of drug-likeness (QED) is 0.414. The summed E-state index contributed by atoms with van der Waals surface area (Å²) < 4.78 is 39.5. The molecule has 144 valence electrons.